The van der Waals surface area contributed by atoms with Gasteiger partial charge in [0.05, 0.1) is 25.5 Å². The summed E-state index contributed by atoms with van der Waals surface area (Å²) < 4.78 is 7.04. The summed E-state index contributed by atoms with van der Waals surface area (Å²) in [6.07, 6.45) is 3.24. The van der Waals surface area contributed by atoms with Crippen molar-refractivity contribution in [2.75, 3.05) is 7.11 Å². The van der Waals surface area contributed by atoms with Gasteiger partial charge in [0.2, 0.25) is 0 Å². The highest BCUT2D eigenvalue weighted by atomic mass is 16.5. The lowest BCUT2D eigenvalue weighted by atomic mass is 10.2. The number of methoxy groups -OCH3 is 1. The van der Waals surface area contributed by atoms with Crippen LogP contribution in [-0.4, -0.2) is 32.5 Å². The van der Waals surface area contributed by atoms with Crippen LogP contribution >= 0.6 is 0 Å². The third-order valence-electron chi connectivity index (χ3n) is 4.14. The molecule has 4 aromatic rings. The van der Waals surface area contributed by atoms with E-state index >= 15 is 0 Å². The molecule has 7 nitrogen and oxygen atoms in total. The van der Waals surface area contributed by atoms with Crippen molar-refractivity contribution in [1.82, 2.24) is 24.8 Å². The Morgan fingerprint density at radius 2 is 2.16 bits per heavy atom. The van der Waals surface area contributed by atoms with Crippen molar-refractivity contribution < 1.29 is 9.53 Å². The Morgan fingerprint density at radius 3 is 3.00 bits per heavy atom. The number of aromatic nitrogens is 4. The normalized spacial score (nSPS) is 11.1. The van der Waals surface area contributed by atoms with Gasteiger partial charge < -0.3 is 19.6 Å². The number of nitrogens with zero attached hydrogens (tertiary/aromatic N) is 3. The van der Waals surface area contributed by atoms with Crippen molar-refractivity contribution in [3.05, 3.63) is 54.1 Å². The van der Waals surface area contributed by atoms with Gasteiger partial charge in [0, 0.05) is 29.8 Å². The molecular weight excluding hydrogens is 318 g/mol. The third-order valence-corrected chi connectivity index (χ3v) is 4.14. The fourth-order valence-electron chi connectivity index (χ4n) is 2.81. The predicted octanol–water partition coefficient (Wildman–Crippen LogP) is 2.39. The van der Waals surface area contributed by atoms with E-state index in [1.54, 1.807) is 25.7 Å². The minimum absolute atomic E-state index is 0.184. The Hall–Kier alpha value is -3.35. The molecule has 0 saturated heterocycles. The molecule has 7 heteroatoms. The number of rotatable bonds is 4. The molecule has 0 fully saturated rings. The summed E-state index contributed by atoms with van der Waals surface area (Å²) in [6, 6.07) is 9.55. The van der Waals surface area contributed by atoms with Gasteiger partial charge in [-0.25, -0.2) is 9.97 Å². The largest absolute Gasteiger partial charge is 0.497 e. The Labute approximate surface area is 143 Å². The van der Waals surface area contributed by atoms with Crippen LogP contribution in [0.25, 0.3) is 22.1 Å². The Kier molecular flexibility index (Phi) is 3.61. The number of nitrogens with one attached hydrogen (secondary N) is 2. The van der Waals surface area contributed by atoms with Gasteiger partial charge in [-0.15, -0.1) is 0 Å². The van der Waals surface area contributed by atoms with E-state index in [1.165, 1.54) is 0 Å². The number of ether oxygens (including phenoxy) is 1. The number of carbonyl (C=O) groups is 1. The summed E-state index contributed by atoms with van der Waals surface area (Å²) in [6.45, 7) is 0.399. The van der Waals surface area contributed by atoms with Gasteiger partial charge >= 0.3 is 0 Å². The van der Waals surface area contributed by atoms with Gasteiger partial charge in [-0.3, -0.25) is 4.79 Å². The van der Waals surface area contributed by atoms with Crippen molar-refractivity contribution in [2.24, 2.45) is 7.05 Å². The first-order valence-corrected chi connectivity index (χ1v) is 7.85. The highest BCUT2D eigenvalue weighted by Crippen LogP contribution is 2.21. The maximum atomic E-state index is 12.4. The average Bonchev–Trinajstić information content (AvgIpc) is 3.21. The molecule has 0 bridgehead atoms. The summed E-state index contributed by atoms with van der Waals surface area (Å²) in [5.41, 5.74) is 3.86. The number of amides is 1. The van der Waals surface area contributed by atoms with E-state index in [2.05, 4.69) is 20.3 Å². The Balaban J connectivity index is 1.50. The highest BCUT2D eigenvalue weighted by molar-refractivity contribution is 5.96. The van der Waals surface area contributed by atoms with E-state index in [4.69, 9.17) is 4.74 Å². The number of imidazole rings is 1. The standard InChI is InChI=1S/C18H17N5O2/c1-23-10-21-16-7-12(8-19-17(16)23)18(24)20-9-13-5-11-6-14(25-2)3-4-15(11)22-13/h3-8,10,22H,9H2,1-2H3,(H,20,24). The molecule has 2 N–H and O–H groups in total. The lowest BCUT2D eigenvalue weighted by Gasteiger charge is -2.03. The van der Waals surface area contributed by atoms with Crippen molar-refractivity contribution >= 4 is 28.0 Å². The van der Waals surface area contributed by atoms with Crippen LogP contribution in [0.2, 0.25) is 0 Å². The van der Waals surface area contributed by atoms with Crippen LogP contribution < -0.4 is 10.1 Å². The van der Waals surface area contributed by atoms with Crippen molar-refractivity contribution in [1.29, 1.82) is 0 Å². The molecule has 0 aliphatic rings. The van der Waals surface area contributed by atoms with Crippen LogP contribution in [0.4, 0.5) is 0 Å². The van der Waals surface area contributed by atoms with Crippen LogP contribution in [0.1, 0.15) is 16.1 Å². The number of fused-ring (bicyclic) bond motifs is 2. The molecule has 0 saturated carbocycles. The maximum Gasteiger partial charge on any atom is 0.253 e. The number of carbonyl (C=O) groups excluding carboxylic acids is 1. The Bertz CT molecular complexity index is 1080. The number of aryl methyl sites for hydroxylation is 1. The van der Waals surface area contributed by atoms with Crippen LogP contribution in [0.5, 0.6) is 5.75 Å². The van der Waals surface area contributed by atoms with Crippen LogP contribution in [0.15, 0.2) is 42.9 Å². The topological polar surface area (TPSA) is 84.8 Å². The molecule has 3 aromatic heterocycles. The molecule has 25 heavy (non-hydrogen) atoms. The molecular formula is C18H17N5O2. The van der Waals surface area contributed by atoms with E-state index in [9.17, 15) is 4.79 Å². The van der Waals surface area contributed by atoms with Gasteiger partial charge in [0.1, 0.15) is 11.3 Å². The van der Waals surface area contributed by atoms with Crippen LogP contribution in [-0.2, 0) is 13.6 Å². The minimum Gasteiger partial charge on any atom is -0.497 e. The first kappa shape index (κ1) is 15.2. The van der Waals surface area contributed by atoms with E-state index < -0.39 is 0 Å². The van der Waals surface area contributed by atoms with Gasteiger partial charge in [0.15, 0.2) is 5.65 Å². The van der Waals surface area contributed by atoms with Crippen LogP contribution in [0, 0.1) is 0 Å². The average molecular weight is 335 g/mol. The second-order valence-electron chi connectivity index (χ2n) is 5.85. The molecule has 1 aromatic carbocycles. The molecule has 0 spiro atoms. The van der Waals surface area contributed by atoms with Crippen molar-refractivity contribution in [2.45, 2.75) is 6.54 Å². The first-order valence-electron chi connectivity index (χ1n) is 7.85. The molecule has 1 amide bonds. The second-order valence-corrected chi connectivity index (χ2v) is 5.85. The van der Waals surface area contributed by atoms with Gasteiger partial charge in [-0.2, -0.15) is 0 Å². The Morgan fingerprint density at radius 1 is 1.28 bits per heavy atom. The molecule has 0 radical (unpaired) electrons. The lowest BCUT2D eigenvalue weighted by molar-refractivity contribution is 0.0950. The molecule has 4 rings (SSSR count). The number of aromatic amines is 1. The van der Waals surface area contributed by atoms with E-state index in [-0.39, 0.29) is 5.91 Å². The third kappa shape index (κ3) is 2.80. The second kappa shape index (κ2) is 5.94. The lowest BCUT2D eigenvalue weighted by Crippen LogP contribution is -2.23. The predicted molar refractivity (Wildman–Crippen MR) is 94.5 cm³/mol. The summed E-state index contributed by atoms with van der Waals surface area (Å²) >= 11 is 0. The molecule has 0 aliphatic carbocycles. The monoisotopic (exact) mass is 335 g/mol. The SMILES string of the molecule is COc1ccc2[nH]c(CNC(=O)c3cnc4c(c3)ncn4C)cc2c1. The zero-order chi connectivity index (χ0) is 17.4. The molecule has 0 atom stereocenters. The number of H-pyrrole nitrogens is 1. The van der Waals surface area contributed by atoms with E-state index in [1.807, 2.05) is 35.9 Å². The minimum atomic E-state index is -0.184. The van der Waals surface area contributed by atoms with Crippen molar-refractivity contribution in [3.63, 3.8) is 0 Å². The number of pyridine rings is 1. The number of hydrogen-bond acceptors (Lipinski definition) is 4. The van der Waals surface area contributed by atoms with Crippen molar-refractivity contribution in [3.8, 4) is 5.75 Å². The molecule has 126 valence electrons. The van der Waals surface area contributed by atoms with E-state index in [0.717, 1.165) is 28.0 Å². The fraction of sp³-hybridized carbons (Fsp3) is 0.167. The first-order chi connectivity index (χ1) is 12.1. The van der Waals surface area contributed by atoms with Gasteiger partial charge in [-0.05, 0) is 30.3 Å². The zero-order valence-electron chi connectivity index (χ0n) is 13.9. The van der Waals surface area contributed by atoms with Crippen LogP contribution in [0.3, 0.4) is 0 Å². The fourth-order valence-corrected chi connectivity index (χ4v) is 2.81. The molecule has 0 aliphatic heterocycles. The maximum absolute atomic E-state index is 12.4. The van der Waals surface area contributed by atoms with Gasteiger partial charge in [0.25, 0.3) is 5.91 Å². The number of benzene rings is 1. The summed E-state index contributed by atoms with van der Waals surface area (Å²) in [4.78, 5) is 24.2. The van der Waals surface area contributed by atoms with E-state index in [0.29, 0.717) is 17.6 Å². The molecule has 0 unspecified atom stereocenters. The summed E-state index contributed by atoms with van der Waals surface area (Å²) in [5.74, 6) is 0.619. The molecule has 3 heterocycles. The number of hydrogen-bond donors (Lipinski definition) is 2. The highest BCUT2D eigenvalue weighted by Gasteiger charge is 2.10. The quantitative estimate of drug-likeness (QED) is 0.600. The smallest absolute Gasteiger partial charge is 0.253 e. The summed E-state index contributed by atoms with van der Waals surface area (Å²) in [5, 5.41) is 3.94. The van der Waals surface area contributed by atoms with Gasteiger partial charge in [-0.1, -0.05) is 0 Å². The summed E-state index contributed by atoms with van der Waals surface area (Å²) in [7, 11) is 3.51. The zero-order valence-corrected chi connectivity index (χ0v) is 13.9.